The van der Waals surface area contributed by atoms with Crippen molar-refractivity contribution in [1.82, 2.24) is 0 Å². The number of esters is 1. The molecule has 0 amide bonds. The number of allylic oxidation sites excluding steroid dienone is 1. The fraction of sp³-hybridized carbons (Fsp3) is 0.826. The van der Waals surface area contributed by atoms with Crippen LogP contribution in [0.2, 0.25) is 0 Å². The predicted molar refractivity (Wildman–Crippen MR) is 110 cm³/mol. The van der Waals surface area contributed by atoms with E-state index in [1.54, 1.807) is 7.11 Å². The SMILES string of the molecule is CCCCC(C)(CC=C[C@H]1CCC(=O)[C@@H]1CCCCCCC(=O)OC)OC. The summed E-state index contributed by atoms with van der Waals surface area (Å²) in [7, 11) is 3.23. The normalized spacial score (nSPS) is 22.3. The van der Waals surface area contributed by atoms with Gasteiger partial charge >= 0.3 is 5.97 Å². The van der Waals surface area contributed by atoms with Crippen molar-refractivity contribution in [3.63, 3.8) is 0 Å². The highest BCUT2D eigenvalue weighted by Crippen LogP contribution is 2.34. The third kappa shape index (κ3) is 9.05. The van der Waals surface area contributed by atoms with Crippen molar-refractivity contribution in [2.45, 2.75) is 96.5 Å². The standard InChI is InChI=1S/C23H40O4/c1-5-6-17-23(2,27-4)18-11-12-19-15-16-21(24)20(19)13-9-7-8-10-14-22(25)26-3/h11-12,19-20H,5-10,13-18H2,1-4H3/t19-,20+,23?/m0/s1. The van der Waals surface area contributed by atoms with Gasteiger partial charge in [0.25, 0.3) is 0 Å². The second-order valence-corrected chi connectivity index (χ2v) is 8.19. The van der Waals surface area contributed by atoms with Crippen LogP contribution < -0.4 is 0 Å². The minimum absolute atomic E-state index is 0.0930. The molecule has 0 saturated heterocycles. The van der Waals surface area contributed by atoms with Crippen molar-refractivity contribution >= 4 is 11.8 Å². The van der Waals surface area contributed by atoms with Crippen LogP contribution in [0.3, 0.4) is 0 Å². The smallest absolute Gasteiger partial charge is 0.305 e. The lowest BCUT2D eigenvalue weighted by molar-refractivity contribution is -0.140. The van der Waals surface area contributed by atoms with E-state index in [-0.39, 0.29) is 17.5 Å². The molecule has 0 bridgehead atoms. The number of carbonyl (C=O) groups excluding carboxylic acids is 2. The summed E-state index contributed by atoms with van der Waals surface area (Å²) in [5, 5.41) is 0. The first-order valence-corrected chi connectivity index (χ1v) is 10.8. The van der Waals surface area contributed by atoms with Crippen LogP contribution in [-0.2, 0) is 19.1 Å². The number of ketones is 1. The van der Waals surface area contributed by atoms with E-state index in [9.17, 15) is 9.59 Å². The highest BCUT2D eigenvalue weighted by molar-refractivity contribution is 5.83. The molecule has 0 heterocycles. The Morgan fingerprint density at radius 3 is 2.59 bits per heavy atom. The van der Waals surface area contributed by atoms with Gasteiger partial charge in [0, 0.05) is 25.9 Å². The first-order valence-electron chi connectivity index (χ1n) is 10.8. The second-order valence-electron chi connectivity index (χ2n) is 8.19. The molecule has 0 radical (unpaired) electrons. The number of hydrogen-bond donors (Lipinski definition) is 0. The minimum Gasteiger partial charge on any atom is -0.469 e. The number of ether oxygens (including phenoxy) is 2. The highest BCUT2D eigenvalue weighted by Gasteiger charge is 2.32. The Morgan fingerprint density at radius 2 is 1.93 bits per heavy atom. The molecular weight excluding hydrogens is 340 g/mol. The lowest BCUT2D eigenvalue weighted by atomic mass is 9.88. The third-order valence-electron chi connectivity index (χ3n) is 6.01. The maximum absolute atomic E-state index is 12.3. The van der Waals surface area contributed by atoms with Crippen LogP contribution in [0.4, 0.5) is 0 Å². The zero-order valence-electron chi connectivity index (χ0n) is 17.9. The molecule has 4 heteroatoms. The van der Waals surface area contributed by atoms with Gasteiger partial charge in [-0.2, -0.15) is 0 Å². The Hall–Kier alpha value is -1.16. The molecular formula is C23H40O4. The molecule has 1 saturated carbocycles. The van der Waals surface area contributed by atoms with Crippen LogP contribution in [-0.4, -0.2) is 31.6 Å². The largest absolute Gasteiger partial charge is 0.469 e. The van der Waals surface area contributed by atoms with Crippen molar-refractivity contribution in [1.29, 1.82) is 0 Å². The van der Waals surface area contributed by atoms with Gasteiger partial charge in [-0.3, -0.25) is 9.59 Å². The summed E-state index contributed by atoms with van der Waals surface area (Å²) >= 11 is 0. The van der Waals surface area contributed by atoms with Crippen LogP contribution in [0.1, 0.15) is 90.9 Å². The first-order chi connectivity index (χ1) is 13.0. The Bertz CT molecular complexity index is 471. The number of methoxy groups -OCH3 is 2. The molecule has 156 valence electrons. The van der Waals surface area contributed by atoms with Crippen molar-refractivity contribution in [3.8, 4) is 0 Å². The maximum atomic E-state index is 12.3. The number of carbonyl (C=O) groups is 2. The lowest BCUT2D eigenvalue weighted by Crippen LogP contribution is -2.26. The maximum Gasteiger partial charge on any atom is 0.305 e. The van der Waals surface area contributed by atoms with E-state index < -0.39 is 0 Å². The van der Waals surface area contributed by atoms with E-state index in [1.165, 1.54) is 20.0 Å². The summed E-state index contributed by atoms with van der Waals surface area (Å²) in [6.45, 7) is 4.38. The van der Waals surface area contributed by atoms with Gasteiger partial charge in [0.1, 0.15) is 5.78 Å². The number of hydrogen-bond acceptors (Lipinski definition) is 4. The van der Waals surface area contributed by atoms with Gasteiger partial charge in [0.05, 0.1) is 12.7 Å². The van der Waals surface area contributed by atoms with Crippen LogP contribution in [0.25, 0.3) is 0 Å². The summed E-state index contributed by atoms with van der Waals surface area (Å²) in [6.07, 6.45) is 16.1. The second kappa shape index (κ2) is 13.1. The van der Waals surface area contributed by atoms with Crippen LogP contribution in [0, 0.1) is 11.8 Å². The van der Waals surface area contributed by atoms with Crippen molar-refractivity contribution in [3.05, 3.63) is 12.2 Å². The molecule has 1 aliphatic carbocycles. The van der Waals surface area contributed by atoms with Crippen molar-refractivity contribution < 1.29 is 19.1 Å². The molecule has 27 heavy (non-hydrogen) atoms. The number of rotatable bonds is 14. The van der Waals surface area contributed by atoms with Gasteiger partial charge < -0.3 is 9.47 Å². The van der Waals surface area contributed by atoms with Gasteiger partial charge in [0.2, 0.25) is 0 Å². The highest BCUT2D eigenvalue weighted by atomic mass is 16.5. The molecule has 0 aromatic rings. The zero-order chi connectivity index (χ0) is 20.1. The first kappa shape index (κ1) is 23.9. The number of unbranched alkanes of at least 4 members (excludes halogenated alkanes) is 4. The molecule has 1 rings (SSSR count). The molecule has 3 atom stereocenters. The summed E-state index contributed by atoms with van der Waals surface area (Å²) in [5.74, 6) is 0.874. The van der Waals surface area contributed by atoms with E-state index >= 15 is 0 Å². The van der Waals surface area contributed by atoms with E-state index in [1.807, 2.05) is 0 Å². The van der Waals surface area contributed by atoms with Crippen LogP contribution in [0.5, 0.6) is 0 Å². The topological polar surface area (TPSA) is 52.6 Å². The lowest BCUT2D eigenvalue weighted by Gasteiger charge is -2.27. The Labute approximate surface area is 166 Å². The predicted octanol–water partition coefficient (Wildman–Crippen LogP) is 5.64. The fourth-order valence-electron chi connectivity index (χ4n) is 3.96. The zero-order valence-corrected chi connectivity index (χ0v) is 17.9. The molecule has 4 nitrogen and oxygen atoms in total. The monoisotopic (exact) mass is 380 g/mol. The van der Waals surface area contributed by atoms with Gasteiger partial charge in [-0.1, -0.05) is 51.2 Å². The van der Waals surface area contributed by atoms with Gasteiger partial charge in [-0.25, -0.2) is 0 Å². The summed E-state index contributed by atoms with van der Waals surface area (Å²) < 4.78 is 10.4. The van der Waals surface area contributed by atoms with Gasteiger partial charge in [-0.15, -0.1) is 0 Å². The van der Waals surface area contributed by atoms with E-state index in [2.05, 4.69) is 30.7 Å². The Balaban J connectivity index is 2.37. The van der Waals surface area contributed by atoms with Crippen LogP contribution >= 0.6 is 0 Å². The summed E-state index contributed by atoms with van der Waals surface area (Å²) in [5.41, 5.74) is -0.0930. The van der Waals surface area contributed by atoms with Crippen molar-refractivity contribution in [2.24, 2.45) is 11.8 Å². The molecule has 1 unspecified atom stereocenters. The molecule has 0 aromatic heterocycles. The fourth-order valence-corrected chi connectivity index (χ4v) is 3.96. The minimum atomic E-state index is -0.131. The summed E-state index contributed by atoms with van der Waals surface area (Å²) in [6, 6.07) is 0. The molecule has 0 N–H and O–H groups in total. The quantitative estimate of drug-likeness (QED) is 0.222. The van der Waals surface area contributed by atoms with Gasteiger partial charge in [-0.05, 0) is 44.9 Å². The third-order valence-corrected chi connectivity index (χ3v) is 6.01. The molecule has 1 fully saturated rings. The average molecular weight is 381 g/mol. The van der Waals surface area contributed by atoms with Gasteiger partial charge in [0.15, 0.2) is 0 Å². The molecule has 0 spiro atoms. The van der Waals surface area contributed by atoms with E-state index in [0.717, 1.165) is 57.8 Å². The Morgan fingerprint density at radius 1 is 1.19 bits per heavy atom. The average Bonchev–Trinajstić information content (AvgIpc) is 3.02. The van der Waals surface area contributed by atoms with E-state index in [4.69, 9.17) is 4.74 Å². The summed E-state index contributed by atoms with van der Waals surface area (Å²) in [4.78, 5) is 23.4. The molecule has 0 aromatic carbocycles. The van der Waals surface area contributed by atoms with E-state index in [0.29, 0.717) is 18.1 Å². The van der Waals surface area contributed by atoms with Crippen LogP contribution in [0.15, 0.2) is 12.2 Å². The molecule has 0 aliphatic heterocycles. The number of Topliss-reactive ketones (excluding diaryl/α,β-unsaturated/α-hetero) is 1. The van der Waals surface area contributed by atoms with Crippen molar-refractivity contribution in [2.75, 3.05) is 14.2 Å². The Kier molecular flexibility index (Phi) is 11.6. The molecule has 1 aliphatic rings.